The largest absolute Gasteiger partial charge is 0.458 e. The van der Waals surface area contributed by atoms with Crippen LogP contribution in [0, 0.1) is 0 Å². The molecular weight excluding hydrogens is 252 g/mol. The highest BCUT2D eigenvalue weighted by Crippen LogP contribution is 2.26. The van der Waals surface area contributed by atoms with Gasteiger partial charge in [-0.3, -0.25) is 0 Å². The van der Waals surface area contributed by atoms with Gasteiger partial charge in [0.25, 0.3) is 0 Å². The summed E-state index contributed by atoms with van der Waals surface area (Å²) in [5, 5.41) is 0. The van der Waals surface area contributed by atoms with Crippen molar-refractivity contribution in [2.75, 3.05) is 19.0 Å². The third kappa shape index (κ3) is 3.73. The molecule has 2 atom stereocenters. The van der Waals surface area contributed by atoms with E-state index in [0.29, 0.717) is 12.2 Å². The second-order valence-electron chi connectivity index (χ2n) is 3.75. The number of hydrogen-bond acceptors (Lipinski definition) is 5. The van der Waals surface area contributed by atoms with Crippen LogP contribution in [0.2, 0.25) is 0 Å². The minimum Gasteiger partial charge on any atom is -0.458 e. The summed E-state index contributed by atoms with van der Waals surface area (Å²) in [6.45, 7) is 2.81. The lowest BCUT2D eigenvalue weighted by Crippen LogP contribution is -2.20. The van der Waals surface area contributed by atoms with Crippen LogP contribution in [0.15, 0.2) is 30.3 Å². The zero-order valence-electron chi connectivity index (χ0n) is 10.2. The molecule has 0 radical (unpaired) electrons. The first-order chi connectivity index (χ1) is 8.79. The summed E-state index contributed by atoms with van der Waals surface area (Å²) in [5.74, 6) is 0.459. The van der Waals surface area contributed by atoms with Crippen molar-refractivity contribution in [2.45, 2.75) is 18.6 Å². The molecule has 0 aliphatic carbocycles. The van der Waals surface area contributed by atoms with E-state index in [1.54, 1.807) is 23.9 Å². The topological polar surface area (TPSA) is 44.8 Å². The lowest BCUT2D eigenvalue weighted by molar-refractivity contribution is -0.129. The van der Waals surface area contributed by atoms with Gasteiger partial charge in [-0.25, -0.2) is 4.79 Å². The van der Waals surface area contributed by atoms with Crippen LogP contribution in [0.3, 0.4) is 0 Å². The Morgan fingerprint density at radius 1 is 1.44 bits per heavy atom. The molecule has 18 heavy (non-hydrogen) atoms. The van der Waals surface area contributed by atoms with Gasteiger partial charge in [-0.2, -0.15) is 0 Å². The maximum Gasteiger partial charge on any atom is 0.338 e. The average molecular weight is 268 g/mol. The molecule has 1 aromatic rings. The third-order valence-electron chi connectivity index (χ3n) is 2.43. The summed E-state index contributed by atoms with van der Waals surface area (Å²) >= 11 is 1.60. The van der Waals surface area contributed by atoms with E-state index in [9.17, 15) is 4.79 Å². The van der Waals surface area contributed by atoms with Gasteiger partial charge in [-0.1, -0.05) is 18.2 Å². The number of carbonyl (C=O) groups is 1. The molecule has 0 amide bonds. The Kier molecular flexibility index (Phi) is 5.04. The molecule has 5 heteroatoms. The summed E-state index contributed by atoms with van der Waals surface area (Å²) < 4.78 is 16.1. The molecule has 1 aliphatic rings. The normalized spacial score (nSPS) is 22.9. The van der Waals surface area contributed by atoms with Gasteiger partial charge in [0.1, 0.15) is 12.0 Å². The molecule has 1 aliphatic heterocycles. The number of esters is 1. The zero-order valence-corrected chi connectivity index (χ0v) is 11.0. The smallest absolute Gasteiger partial charge is 0.338 e. The van der Waals surface area contributed by atoms with Crippen LogP contribution in [0.5, 0.6) is 0 Å². The van der Waals surface area contributed by atoms with Gasteiger partial charge >= 0.3 is 5.97 Å². The van der Waals surface area contributed by atoms with Crippen molar-refractivity contribution in [3.63, 3.8) is 0 Å². The molecule has 98 valence electrons. The van der Waals surface area contributed by atoms with E-state index in [-0.39, 0.29) is 24.3 Å². The predicted octanol–water partition coefficient (Wildman–Crippen LogP) is 2.30. The van der Waals surface area contributed by atoms with Gasteiger partial charge in [0.15, 0.2) is 6.29 Å². The summed E-state index contributed by atoms with van der Waals surface area (Å²) in [5.41, 5.74) is 0.427. The molecule has 1 aromatic carbocycles. The Morgan fingerprint density at radius 3 is 2.94 bits per heavy atom. The molecule has 4 nitrogen and oxygen atoms in total. The van der Waals surface area contributed by atoms with E-state index in [4.69, 9.17) is 14.2 Å². The van der Waals surface area contributed by atoms with E-state index in [1.807, 2.05) is 25.1 Å². The lowest BCUT2D eigenvalue weighted by Gasteiger charge is -2.12. The molecule has 0 saturated carbocycles. The van der Waals surface area contributed by atoms with Crippen molar-refractivity contribution >= 4 is 17.7 Å². The number of hydrogen-bond donors (Lipinski definition) is 0. The van der Waals surface area contributed by atoms with Gasteiger partial charge in [0.2, 0.25) is 0 Å². The van der Waals surface area contributed by atoms with E-state index >= 15 is 0 Å². The average Bonchev–Trinajstić information content (AvgIpc) is 2.85. The molecule has 1 saturated heterocycles. The molecule has 0 spiro atoms. The Bertz CT molecular complexity index is 382. The highest BCUT2D eigenvalue weighted by Gasteiger charge is 2.27. The molecule has 0 N–H and O–H groups in total. The second kappa shape index (κ2) is 6.78. The standard InChI is InChI=1S/C13H16O4S/c1-2-15-11-9-18-12(17-11)8-16-13(14)10-6-4-3-5-7-10/h3-7,11-12H,2,8-9H2,1H3/t11-,12-/m0/s1. The van der Waals surface area contributed by atoms with Crippen molar-refractivity contribution in [3.05, 3.63) is 35.9 Å². The Labute approximate surface area is 111 Å². The molecule has 1 fully saturated rings. The highest BCUT2D eigenvalue weighted by atomic mass is 32.2. The van der Waals surface area contributed by atoms with Gasteiger partial charge in [-0.15, -0.1) is 11.8 Å². The molecule has 2 rings (SSSR count). The Hall–Kier alpha value is -1.04. The van der Waals surface area contributed by atoms with Gasteiger partial charge < -0.3 is 14.2 Å². The van der Waals surface area contributed by atoms with Crippen LogP contribution in [0.25, 0.3) is 0 Å². The second-order valence-corrected chi connectivity index (χ2v) is 4.94. The van der Waals surface area contributed by atoms with E-state index in [1.165, 1.54) is 0 Å². The first-order valence-electron chi connectivity index (χ1n) is 5.90. The molecule has 1 heterocycles. The first-order valence-corrected chi connectivity index (χ1v) is 6.95. The van der Waals surface area contributed by atoms with E-state index in [2.05, 4.69) is 0 Å². The monoisotopic (exact) mass is 268 g/mol. The lowest BCUT2D eigenvalue weighted by atomic mass is 10.2. The third-order valence-corrected chi connectivity index (χ3v) is 3.52. The van der Waals surface area contributed by atoms with Crippen molar-refractivity contribution in [3.8, 4) is 0 Å². The summed E-state index contributed by atoms with van der Waals surface area (Å²) in [4.78, 5) is 11.7. The first kappa shape index (κ1) is 13.4. The highest BCUT2D eigenvalue weighted by molar-refractivity contribution is 8.00. The fourth-order valence-corrected chi connectivity index (χ4v) is 2.51. The zero-order chi connectivity index (χ0) is 12.8. The van der Waals surface area contributed by atoms with Crippen molar-refractivity contribution in [1.29, 1.82) is 0 Å². The van der Waals surface area contributed by atoms with Gasteiger partial charge in [0.05, 0.1) is 5.56 Å². The van der Waals surface area contributed by atoms with E-state index < -0.39 is 0 Å². The number of ether oxygens (including phenoxy) is 3. The maximum atomic E-state index is 11.7. The molecular formula is C13H16O4S. The minimum atomic E-state index is -0.320. The van der Waals surface area contributed by atoms with Gasteiger partial charge in [-0.05, 0) is 19.1 Å². The van der Waals surface area contributed by atoms with E-state index in [0.717, 1.165) is 5.75 Å². The quantitative estimate of drug-likeness (QED) is 0.767. The van der Waals surface area contributed by atoms with Crippen LogP contribution in [-0.2, 0) is 14.2 Å². The fraction of sp³-hybridized carbons (Fsp3) is 0.462. The molecule has 0 aromatic heterocycles. The van der Waals surface area contributed by atoms with Gasteiger partial charge in [0, 0.05) is 12.4 Å². The minimum absolute atomic E-state index is 0.130. The maximum absolute atomic E-state index is 11.7. The van der Waals surface area contributed by atoms with Crippen LogP contribution in [-0.4, -0.2) is 36.7 Å². The fourth-order valence-electron chi connectivity index (χ4n) is 1.60. The molecule has 0 unspecified atom stereocenters. The van der Waals surface area contributed by atoms with Crippen LogP contribution in [0.1, 0.15) is 17.3 Å². The van der Waals surface area contributed by atoms with Crippen LogP contribution < -0.4 is 0 Å². The number of rotatable bonds is 5. The number of carbonyl (C=O) groups excluding carboxylic acids is 1. The summed E-state index contributed by atoms with van der Waals surface area (Å²) in [6.07, 6.45) is -0.180. The number of benzene rings is 1. The predicted molar refractivity (Wildman–Crippen MR) is 69.5 cm³/mol. The summed E-state index contributed by atoms with van der Waals surface area (Å²) in [6, 6.07) is 8.94. The number of thioether (sulfide) groups is 1. The Morgan fingerprint density at radius 2 is 2.22 bits per heavy atom. The Balaban J connectivity index is 1.74. The molecule has 0 bridgehead atoms. The van der Waals surface area contributed by atoms with Crippen molar-refractivity contribution < 1.29 is 19.0 Å². The van der Waals surface area contributed by atoms with Crippen LogP contribution in [0.4, 0.5) is 0 Å². The van der Waals surface area contributed by atoms with Crippen molar-refractivity contribution in [1.82, 2.24) is 0 Å². The van der Waals surface area contributed by atoms with Crippen LogP contribution >= 0.6 is 11.8 Å². The van der Waals surface area contributed by atoms with Crippen molar-refractivity contribution in [2.24, 2.45) is 0 Å². The summed E-state index contributed by atoms with van der Waals surface area (Å²) in [7, 11) is 0. The SMILES string of the molecule is CCO[C@@H]1CS[C@@H](COC(=O)c2ccccc2)O1.